The molecule has 0 saturated carbocycles. The lowest BCUT2D eigenvalue weighted by Crippen LogP contribution is -2.29. The number of epoxide rings is 1. The second-order valence-electron chi connectivity index (χ2n) is 15.0. The highest BCUT2D eigenvalue weighted by atomic mass is 31.2. The van der Waals surface area contributed by atoms with Gasteiger partial charge in [0.05, 0.1) is 32.0 Å². The number of carbonyl (C=O) groups is 2. The van der Waals surface area contributed by atoms with Gasteiger partial charge in [-0.15, -0.1) is 0 Å². The van der Waals surface area contributed by atoms with Crippen molar-refractivity contribution in [3.05, 3.63) is 60.8 Å². The molecule has 3 unspecified atom stereocenters. The number of carbonyl (C=O) groups excluding carboxylic acids is 2. The lowest BCUT2D eigenvalue weighted by Gasteiger charge is -2.20. The third-order valence-corrected chi connectivity index (χ3v) is 10.7. The van der Waals surface area contributed by atoms with Gasteiger partial charge < -0.3 is 34.0 Å². The Bertz CT molecular complexity index is 1360. The molecule has 0 aliphatic carbocycles. The zero-order chi connectivity index (χ0) is 44.2. The lowest BCUT2D eigenvalue weighted by atomic mass is 10.1. The van der Waals surface area contributed by atoms with Crippen molar-refractivity contribution in [2.45, 2.75) is 180 Å². The first-order valence-corrected chi connectivity index (χ1v) is 25.1. The number of ether oxygens (including phenoxy) is 3. The summed E-state index contributed by atoms with van der Waals surface area (Å²) in [6.45, 7) is 1.61. The van der Waals surface area contributed by atoms with Gasteiger partial charge in [0.2, 0.25) is 0 Å². The summed E-state index contributed by atoms with van der Waals surface area (Å²) in [4.78, 5) is 52.7. The van der Waals surface area contributed by atoms with E-state index in [1.54, 1.807) is 0 Å². The van der Waals surface area contributed by atoms with Gasteiger partial charge in [-0.05, 0) is 77.0 Å². The van der Waals surface area contributed by atoms with E-state index in [-0.39, 0.29) is 12.8 Å². The third-order valence-electron chi connectivity index (χ3n) is 9.29. The average molecular weight is 891 g/mol. The molecular weight excluding hydrogens is 814 g/mol. The predicted octanol–water partition coefficient (Wildman–Crippen LogP) is 10.2. The van der Waals surface area contributed by atoms with Crippen LogP contribution < -0.4 is 0 Å². The molecule has 5 atom stereocenters. The summed E-state index contributed by atoms with van der Waals surface area (Å²) in [5.74, 6) is -1.12. The molecule has 1 aliphatic heterocycles. The largest absolute Gasteiger partial charge is 0.472 e. The van der Waals surface area contributed by atoms with Crippen LogP contribution >= 0.6 is 15.6 Å². The van der Waals surface area contributed by atoms with Crippen molar-refractivity contribution in [2.75, 3.05) is 26.4 Å². The predicted molar refractivity (Wildman–Crippen MR) is 234 cm³/mol. The molecule has 0 aromatic rings. The number of aliphatic hydroxyl groups excluding tert-OH is 1. The Morgan fingerprint density at radius 1 is 0.583 bits per heavy atom. The van der Waals surface area contributed by atoms with Gasteiger partial charge >= 0.3 is 27.6 Å². The Hall–Kier alpha value is -2.22. The molecular formula is C44H76O14P2. The minimum Gasteiger partial charge on any atom is -0.462 e. The Balaban J connectivity index is 2.40. The molecule has 1 rings (SSSR count). The van der Waals surface area contributed by atoms with Crippen molar-refractivity contribution < 1.29 is 66.3 Å². The molecule has 60 heavy (non-hydrogen) atoms. The summed E-state index contributed by atoms with van der Waals surface area (Å²) in [7, 11) is -9.70. The van der Waals surface area contributed by atoms with Crippen LogP contribution in [0.1, 0.15) is 155 Å². The van der Waals surface area contributed by atoms with Gasteiger partial charge in [0, 0.05) is 12.8 Å². The van der Waals surface area contributed by atoms with Gasteiger partial charge in [-0.1, -0.05) is 126 Å². The Morgan fingerprint density at radius 3 is 1.75 bits per heavy atom. The third kappa shape index (κ3) is 36.4. The number of hydrogen-bond donors (Lipinski definition) is 4. The highest BCUT2D eigenvalue weighted by Gasteiger charge is 2.36. The first-order valence-electron chi connectivity index (χ1n) is 22.1. The number of phosphoric ester groups is 2. The van der Waals surface area contributed by atoms with Crippen LogP contribution in [0, 0.1) is 0 Å². The smallest absolute Gasteiger partial charge is 0.462 e. The number of unbranched alkanes of at least 4 members (excludes halogenated alkanes) is 11. The fourth-order valence-corrected chi connectivity index (χ4v) is 6.97. The fourth-order valence-electron chi connectivity index (χ4n) is 5.82. The molecule has 0 bridgehead atoms. The van der Waals surface area contributed by atoms with E-state index in [1.807, 2.05) is 12.2 Å². The molecule has 4 N–H and O–H groups in total. The molecule has 0 radical (unpaired) electrons. The van der Waals surface area contributed by atoms with E-state index in [0.29, 0.717) is 31.5 Å². The molecule has 1 fully saturated rings. The standard InChI is InChI=1S/C44H76O14P2/c1-3-5-7-8-9-10-11-12-13-14-15-16-17-18-23-26-30-34-44(47)57-40(38-56-60(51,52)55-36-39(45)35-54-59(48,49)50)37-53-43(46)33-29-25-22-20-19-21-24-28-32-42-41(58-42)31-27-6-4-2/h9-10,12-13,15-16,18,23-24,28,39-42,45H,3-8,11,14,17,19-22,25-27,29-38H2,1-2H3,(H,51,52)(H2,48,49,50)/b10-9-,13-12-,16-15-,23-18-,28-24-/t39-,40+,41?,42?/m0/s1. The summed E-state index contributed by atoms with van der Waals surface area (Å²) in [5, 5.41) is 9.75. The van der Waals surface area contributed by atoms with Crippen LogP contribution in [-0.4, -0.2) is 82.6 Å². The Kier molecular flexibility index (Phi) is 33.7. The van der Waals surface area contributed by atoms with Crippen LogP contribution in [0.15, 0.2) is 60.8 Å². The second kappa shape index (κ2) is 36.3. The molecule has 1 saturated heterocycles. The summed E-state index contributed by atoms with van der Waals surface area (Å²) < 4.78 is 53.4. The summed E-state index contributed by atoms with van der Waals surface area (Å²) in [6, 6.07) is 0. The molecule has 346 valence electrons. The van der Waals surface area contributed by atoms with Gasteiger partial charge in [0.15, 0.2) is 6.10 Å². The number of esters is 2. The van der Waals surface area contributed by atoms with Crippen molar-refractivity contribution >= 4 is 27.6 Å². The van der Waals surface area contributed by atoms with Gasteiger partial charge in [-0.2, -0.15) is 0 Å². The van der Waals surface area contributed by atoms with Gasteiger partial charge in [0.25, 0.3) is 0 Å². The van der Waals surface area contributed by atoms with Crippen LogP contribution in [0.3, 0.4) is 0 Å². The average Bonchev–Trinajstić information content (AvgIpc) is 3.96. The normalized spacial score (nSPS) is 18.0. The SMILES string of the molecule is CCCCC/C=C\C/C=C\C/C=C\C/C=C\CCCC(=O)O[C@H](COC(=O)CCCCCCC/C=C\CC1OC1CCCCC)COP(=O)(O)OC[C@@H](O)COP(=O)(O)O. The zero-order valence-corrected chi connectivity index (χ0v) is 38.0. The van der Waals surface area contributed by atoms with E-state index in [2.05, 4.69) is 71.5 Å². The van der Waals surface area contributed by atoms with Crippen molar-refractivity contribution in [2.24, 2.45) is 0 Å². The van der Waals surface area contributed by atoms with Crippen molar-refractivity contribution in [1.82, 2.24) is 0 Å². The van der Waals surface area contributed by atoms with E-state index >= 15 is 0 Å². The quantitative estimate of drug-likeness (QED) is 0.0148. The number of hydrogen-bond acceptors (Lipinski definition) is 11. The Labute approximate surface area is 359 Å². The monoisotopic (exact) mass is 890 g/mol. The molecule has 1 heterocycles. The Morgan fingerprint density at radius 2 is 1.10 bits per heavy atom. The first kappa shape index (κ1) is 55.8. The van der Waals surface area contributed by atoms with E-state index < -0.39 is 66.2 Å². The van der Waals surface area contributed by atoms with Crippen LogP contribution in [0.4, 0.5) is 0 Å². The molecule has 0 amide bonds. The molecule has 0 aromatic heterocycles. The number of rotatable bonds is 40. The minimum absolute atomic E-state index is 0.0475. The van der Waals surface area contributed by atoms with Crippen molar-refractivity contribution in [1.29, 1.82) is 0 Å². The molecule has 16 heteroatoms. The first-order chi connectivity index (χ1) is 28.8. The van der Waals surface area contributed by atoms with Gasteiger partial charge in [-0.3, -0.25) is 23.2 Å². The van der Waals surface area contributed by atoms with Crippen LogP contribution in [-0.2, 0) is 46.5 Å². The van der Waals surface area contributed by atoms with Crippen molar-refractivity contribution in [3.63, 3.8) is 0 Å². The van der Waals surface area contributed by atoms with Crippen LogP contribution in [0.25, 0.3) is 0 Å². The molecule has 14 nitrogen and oxygen atoms in total. The zero-order valence-electron chi connectivity index (χ0n) is 36.2. The molecule has 1 aliphatic rings. The van der Waals surface area contributed by atoms with E-state index in [4.69, 9.17) is 28.5 Å². The maximum atomic E-state index is 12.6. The maximum absolute atomic E-state index is 12.6. The highest BCUT2D eigenvalue weighted by Crippen LogP contribution is 2.44. The van der Waals surface area contributed by atoms with Crippen LogP contribution in [0.5, 0.6) is 0 Å². The fraction of sp³-hybridized carbons (Fsp3) is 0.727. The maximum Gasteiger partial charge on any atom is 0.472 e. The topological polar surface area (TPSA) is 208 Å². The van der Waals surface area contributed by atoms with Gasteiger partial charge in [-0.25, -0.2) is 9.13 Å². The summed E-state index contributed by atoms with van der Waals surface area (Å²) in [5.41, 5.74) is 0. The lowest BCUT2D eigenvalue weighted by molar-refractivity contribution is -0.161. The molecule has 0 spiro atoms. The summed E-state index contributed by atoms with van der Waals surface area (Å²) >= 11 is 0. The number of allylic oxidation sites excluding steroid dienone is 9. The van der Waals surface area contributed by atoms with Crippen LogP contribution in [0.2, 0.25) is 0 Å². The number of aliphatic hydroxyl groups is 1. The second-order valence-corrected chi connectivity index (χ2v) is 17.7. The van der Waals surface area contributed by atoms with Crippen molar-refractivity contribution in [3.8, 4) is 0 Å². The summed E-state index contributed by atoms with van der Waals surface area (Å²) in [6.07, 6.45) is 39.6. The van der Waals surface area contributed by atoms with Gasteiger partial charge in [0.1, 0.15) is 12.7 Å². The molecule has 0 aromatic carbocycles. The minimum atomic E-state index is -4.87. The highest BCUT2D eigenvalue weighted by molar-refractivity contribution is 7.47. The van der Waals surface area contributed by atoms with E-state index in [0.717, 1.165) is 70.6 Å². The van der Waals surface area contributed by atoms with E-state index in [1.165, 1.54) is 38.5 Å². The number of phosphoric acid groups is 2. The van der Waals surface area contributed by atoms with E-state index in [9.17, 15) is 28.7 Å².